The monoisotopic (exact) mass is 397 g/mol. The van der Waals surface area contributed by atoms with Gasteiger partial charge in [-0.25, -0.2) is 0 Å². The molecular formula is C20H20ClN5O2. The highest BCUT2D eigenvalue weighted by Gasteiger charge is 2.18. The molecule has 6 N–H and O–H groups in total. The molecule has 1 unspecified atom stereocenters. The zero-order chi connectivity index (χ0) is 20.6. The number of halogens is 1. The number of nitrogens with zero attached hydrogens (tertiary/aromatic N) is 1. The van der Waals surface area contributed by atoms with E-state index in [0.717, 1.165) is 10.9 Å². The first-order valence-corrected chi connectivity index (χ1v) is 8.91. The van der Waals surface area contributed by atoms with Crippen molar-refractivity contribution >= 4 is 45.7 Å². The van der Waals surface area contributed by atoms with Crippen molar-refractivity contribution in [3.8, 4) is 0 Å². The summed E-state index contributed by atoms with van der Waals surface area (Å²) in [6.45, 7) is 1.81. The number of hydrogen-bond acceptors (Lipinski definition) is 4. The third kappa shape index (κ3) is 3.57. The number of nitrogen functional groups attached to an aromatic ring is 1. The van der Waals surface area contributed by atoms with Gasteiger partial charge in [0.1, 0.15) is 11.4 Å². The van der Waals surface area contributed by atoms with Crippen molar-refractivity contribution in [1.82, 2.24) is 9.88 Å². The third-order valence-corrected chi connectivity index (χ3v) is 4.92. The quantitative estimate of drug-likeness (QED) is 0.390. The lowest BCUT2D eigenvalue weighted by molar-refractivity contribution is -0.112. The van der Waals surface area contributed by atoms with Crippen LogP contribution in [0.5, 0.6) is 0 Å². The molecule has 7 nitrogen and oxygen atoms in total. The van der Waals surface area contributed by atoms with Gasteiger partial charge in [-0.15, -0.1) is 0 Å². The topological polar surface area (TPSA) is 127 Å². The number of carbonyl (C=O) groups is 2. The summed E-state index contributed by atoms with van der Waals surface area (Å²) in [7, 11) is 1.80. The molecule has 0 radical (unpaired) electrons. The number of amides is 2. The Morgan fingerprint density at radius 3 is 2.57 bits per heavy atom. The second-order valence-corrected chi connectivity index (χ2v) is 7.01. The van der Waals surface area contributed by atoms with Crippen LogP contribution in [0.3, 0.4) is 0 Å². The molecular weight excluding hydrogens is 378 g/mol. The molecule has 0 spiro atoms. The molecule has 28 heavy (non-hydrogen) atoms. The van der Waals surface area contributed by atoms with Gasteiger partial charge in [0.05, 0.1) is 6.04 Å². The zero-order valence-electron chi connectivity index (χ0n) is 15.4. The summed E-state index contributed by atoms with van der Waals surface area (Å²) >= 11 is 6.04. The van der Waals surface area contributed by atoms with Gasteiger partial charge < -0.3 is 21.4 Å². The number of primary amides is 1. The number of rotatable bonds is 5. The number of aryl methyl sites for hydroxylation is 1. The Morgan fingerprint density at radius 2 is 1.89 bits per heavy atom. The SMILES string of the molecule is CC(NC(=O)c1cc2ccc(Cl)cc2n1C)c1ccc(N)c(C(=N)C(N)=O)c1. The molecule has 3 rings (SSSR count). The number of hydrogen-bond donors (Lipinski definition) is 4. The summed E-state index contributed by atoms with van der Waals surface area (Å²) in [5.74, 6) is -1.12. The van der Waals surface area contributed by atoms with Gasteiger partial charge in [-0.1, -0.05) is 23.7 Å². The average Bonchev–Trinajstić information content (AvgIpc) is 2.97. The summed E-state index contributed by atoms with van der Waals surface area (Å²) < 4.78 is 1.78. The molecule has 2 aromatic carbocycles. The van der Waals surface area contributed by atoms with Crippen LogP contribution in [0.4, 0.5) is 5.69 Å². The fourth-order valence-corrected chi connectivity index (χ4v) is 3.23. The molecule has 8 heteroatoms. The second kappa shape index (κ2) is 7.36. The van der Waals surface area contributed by atoms with Crippen molar-refractivity contribution in [2.24, 2.45) is 12.8 Å². The third-order valence-electron chi connectivity index (χ3n) is 4.68. The minimum absolute atomic E-state index is 0.241. The molecule has 1 atom stereocenters. The van der Waals surface area contributed by atoms with Gasteiger partial charge in [0, 0.05) is 34.2 Å². The van der Waals surface area contributed by atoms with Crippen molar-refractivity contribution in [2.75, 3.05) is 5.73 Å². The number of aromatic nitrogens is 1. The molecule has 0 aliphatic rings. The first-order chi connectivity index (χ1) is 13.2. The summed E-state index contributed by atoms with van der Waals surface area (Å²) in [6.07, 6.45) is 0. The Hall–Kier alpha value is -3.32. The lowest BCUT2D eigenvalue weighted by atomic mass is 10.00. The first-order valence-electron chi connectivity index (χ1n) is 8.53. The number of nitrogens with two attached hydrogens (primary N) is 2. The molecule has 0 aliphatic heterocycles. The van der Waals surface area contributed by atoms with Crippen LogP contribution in [0.25, 0.3) is 10.9 Å². The van der Waals surface area contributed by atoms with Gasteiger partial charge in [0.2, 0.25) is 0 Å². The van der Waals surface area contributed by atoms with Crippen LogP contribution in [-0.2, 0) is 11.8 Å². The van der Waals surface area contributed by atoms with Crippen molar-refractivity contribution in [2.45, 2.75) is 13.0 Å². The maximum absolute atomic E-state index is 12.8. The van der Waals surface area contributed by atoms with E-state index in [-0.39, 0.29) is 28.9 Å². The van der Waals surface area contributed by atoms with Gasteiger partial charge in [-0.3, -0.25) is 15.0 Å². The van der Waals surface area contributed by atoms with E-state index < -0.39 is 5.91 Å². The standard InChI is InChI=1S/C20H20ClN5O2/c1-10(11-4-6-15(22)14(7-11)18(23)19(24)27)25-20(28)17-8-12-3-5-13(21)9-16(12)26(17)2/h3-10,23H,22H2,1-2H3,(H2,24,27)(H,25,28). The number of nitrogens with one attached hydrogen (secondary N) is 2. The van der Waals surface area contributed by atoms with Crippen LogP contribution >= 0.6 is 11.6 Å². The lowest BCUT2D eigenvalue weighted by Gasteiger charge is -2.16. The maximum atomic E-state index is 12.8. The van der Waals surface area contributed by atoms with Gasteiger partial charge >= 0.3 is 0 Å². The predicted molar refractivity (Wildman–Crippen MR) is 111 cm³/mol. The Morgan fingerprint density at radius 1 is 1.18 bits per heavy atom. The molecule has 0 bridgehead atoms. The van der Waals surface area contributed by atoms with Crippen LogP contribution in [0.15, 0.2) is 42.5 Å². The Kier molecular flexibility index (Phi) is 5.11. The van der Waals surface area contributed by atoms with Crippen LogP contribution in [0, 0.1) is 5.41 Å². The predicted octanol–water partition coefficient (Wildman–Crippen LogP) is 2.76. The fraction of sp³-hybridized carbons (Fsp3) is 0.150. The van der Waals surface area contributed by atoms with Crippen LogP contribution in [0.1, 0.15) is 34.6 Å². The van der Waals surface area contributed by atoms with E-state index in [9.17, 15) is 9.59 Å². The van der Waals surface area contributed by atoms with Gasteiger partial charge in [0.15, 0.2) is 0 Å². The molecule has 0 aliphatic carbocycles. The Labute approximate surface area is 166 Å². The summed E-state index contributed by atoms with van der Waals surface area (Å²) in [5, 5.41) is 12.2. The number of carbonyl (C=O) groups excluding carboxylic acids is 2. The normalized spacial score (nSPS) is 12.0. The molecule has 0 saturated heterocycles. The van der Waals surface area contributed by atoms with Crippen molar-refractivity contribution in [3.63, 3.8) is 0 Å². The van der Waals surface area contributed by atoms with Crippen LogP contribution < -0.4 is 16.8 Å². The molecule has 144 valence electrons. The fourth-order valence-electron chi connectivity index (χ4n) is 3.07. The molecule has 1 heterocycles. The molecule has 2 amide bonds. The number of benzene rings is 2. The van der Waals surface area contributed by atoms with E-state index in [1.165, 1.54) is 0 Å². The Bertz CT molecular complexity index is 1120. The molecule has 0 fully saturated rings. The highest BCUT2D eigenvalue weighted by molar-refractivity contribution is 6.44. The first kappa shape index (κ1) is 19.4. The summed E-state index contributed by atoms with van der Waals surface area (Å²) in [5.41, 5.74) is 13.2. The molecule has 1 aromatic heterocycles. The van der Waals surface area contributed by atoms with E-state index in [1.54, 1.807) is 54.9 Å². The van der Waals surface area contributed by atoms with Crippen molar-refractivity contribution in [1.29, 1.82) is 5.41 Å². The van der Waals surface area contributed by atoms with Gasteiger partial charge in [-0.05, 0) is 42.8 Å². The molecule has 0 saturated carbocycles. The van der Waals surface area contributed by atoms with E-state index in [0.29, 0.717) is 16.3 Å². The number of fused-ring (bicyclic) bond motifs is 1. The summed E-state index contributed by atoms with van der Waals surface area (Å²) in [6, 6.07) is 11.8. The van der Waals surface area contributed by atoms with E-state index >= 15 is 0 Å². The summed E-state index contributed by atoms with van der Waals surface area (Å²) in [4.78, 5) is 24.1. The van der Waals surface area contributed by atoms with Gasteiger partial charge in [0.25, 0.3) is 11.8 Å². The minimum Gasteiger partial charge on any atom is -0.398 e. The van der Waals surface area contributed by atoms with Crippen LogP contribution in [-0.4, -0.2) is 22.1 Å². The number of anilines is 1. The van der Waals surface area contributed by atoms with E-state index in [2.05, 4.69) is 5.32 Å². The van der Waals surface area contributed by atoms with Crippen LogP contribution in [0.2, 0.25) is 5.02 Å². The lowest BCUT2D eigenvalue weighted by Crippen LogP contribution is -2.29. The second-order valence-electron chi connectivity index (χ2n) is 6.57. The minimum atomic E-state index is -0.866. The Balaban J connectivity index is 1.87. The van der Waals surface area contributed by atoms with Crippen molar-refractivity contribution in [3.05, 3.63) is 64.3 Å². The highest BCUT2D eigenvalue weighted by atomic mass is 35.5. The van der Waals surface area contributed by atoms with E-state index in [1.807, 2.05) is 6.07 Å². The van der Waals surface area contributed by atoms with Crippen molar-refractivity contribution < 1.29 is 9.59 Å². The van der Waals surface area contributed by atoms with Gasteiger partial charge in [-0.2, -0.15) is 0 Å². The molecule has 3 aromatic rings. The highest BCUT2D eigenvalue weighted by Crippen LogP contribution is 2.24. The maximum Gasteiger partial charge on any atom is 0.268 e. The largest absolute Gasteiger partial charge is 0.398 e. The van der Waals surface area contributed by atoms with E-state index in [4.69, 9.17) is 28.5 Å². The average molecular weight is 398 g/mol. The zero-order valence-corrected chi connectivity index (χ0v) is 16.2. The smallest absolute Gasteiger partial charge is 0.268 e.